The molecule has 0 bridgehead atoms. The van der Waals surface area contributed by atoms with Gasteiger partial charge in [-0.25, -0.2) is 0 Å². The van der Waals surface area contributed by atoms with E-state index in [1.165, 1.54) is 7.11 Å². The van der Waals surface area contributed by atoms with E-state index in [1.807, 2.05) is 36.4 Å². The van der Waals surface area contributed by atoms with Crippen LogP contribution in [0, 0.1) is 0 Å². The Morgan fingerprint density at radius 3 is 2.13 bits per heavy atom. The van der Waals surface area contributed by atoms with Gasteiger partial charge in [0.15, 0.2) is 6.61 Å². The summed E-state index contributed by atoms with van der Waals surface area (Å²) < 4.78 is 10.9. The highest BCUT2D eigenvalue weighted by Crippen LogP contribution is 2.21. The minimum absolute atomic E-state index is 0.0871. The van der Waals surface area contributed by atoms with Crippen LogP contribution in [0.1, 0.15) is 17.2 Å². The molecular weight excluding hydrogens is 394 g/mol. The number of benzene rings is 3. The quantitative estimate of drug-likeness (QED) is 0.316. The second-order valence-electron chi connectivity index (χ2n) is 6.60. The summed E-state index contributed by atoms with van der Waals surface area (Å²) in [5.74, 6) is 5.36. The minimum atomic E-state index is -0.818. The van der Waals surface area contributed by atoms with E-state index in [2.05, 4.69) is 10.4 Å². The number of methoxy groups -OCH3 is 1. The molecule has 0 saturated carbocycles. The predicted molar refractivity (Wildman–Crippen MR) is 119 cm³/mol. The normalized spacial score (nSPS) is 12.1. The Hall–Kier alpha value is -3.97. The fourth-order valence-corrected chi connectivity index (χ4v) is 3.00. The van der Waals surface area contributed by atoms with Crippen molar-refractivity contribution in [3.05, 3.63) is 96.1 Å². The van der Waals surface area contributed by atoms with E-state index in [0.29, 0.717) is 22.6 Å². The number of anilines is 1. The number of hydrogen-bond acceptors (Lipinski definition) is 6. The summed E-state index contributed by atoms with van der Waals surface area (Å²) in [7, 11) is 1.46. The third-order valence-electron chi connectivity index (χ3n) is 4.49. The minimum Gasteiger partial charge on any atom is -0.484 e. The number of hydrazone groups is 1. The molecule has 3 aromatic carbocycles. The molecule has 1 unspecified atom stereocenters. The molecule has 31 heavy (non-hydrogen) atoms. The Morgan fingerprint density at radius 2 is 1.55 bits per heavy atom. The van der Waals surface area contributed by atoms with Crippen molar-refractivity contribution in [3.8, 4) is 5.75 Å². The highest BCUT2D eigenvalue weighted by Gasteiger charge is 2.26. The maximum atomic E-state index is 13.0. The van der Waals surface area contributed by atoms with Gasteiger partial charge in [-0.05, 0) is 42.0 Å². The zero-order valence-electron chi connectivity index (χ0n) is 17.0. The number of ketones is 1. The van der Waals surface area contributed by atoms with Gasteiger partial charge in [0.1, 0.15) is 17.6 Å². The van der Waals surface area contributed by atoms with E-state index in [9.17, 15) is 9.59 Å². The lowest BCUT2D eigenvalue weighted by Crippen LogP contribution is -2.25. The van der Waals surface area contributed by atoms with Gasteiger partial charge in [0.25, 0.3) is 5.91 Å². The number of nitrogens with zero attached hydrogens (tertiary/aromatic N) is 1. The number of ether oxygens (including phenoxy) is 2. The van der Waals surface area contributed by atoms with Crippen LogP contribution >= 0.6 is 0 Å². The molecule has 0 heterocycles. The first-order valence-electron chi connectivity index (χ1n) is 9.60. The van der Waals surface area contributed by atoms with Gasteiger partial charge in [0, 0.05) is 18.4 Å². The molecule has 3 aromatic rings. The van der Waals surface area contributed by atoms with Crippen LogP contribution < -0.4 is 15.9 Å². The van der Waals surface area contributed by atoms with Crippen LogP contribution in [0.2, 0.25) is 0 Å². The summed E-state index contributed by atoms with van der Waals surface area (Å²) in [6.45, 7) is -0.148. The van der Waals surface area contributed by atoms with E-state index in [1.54, 1.807) is 48.5 Å². The lowest BCUT2D eigenvalue weighted by molar-refractivity contribution is -0.122. The second-order valence-corrected chi connectivity index (χ2v) is 6.60. The Morgan fingerprint density at radius 1 is 0.935 bits per heavy atom. The number of hydrogen-bond donors (Lipinski definition) is 2. The molecule has 3 N–H and O–H groups in total. The van der Waals surface area contributed by atoms with Gasteiger partial charge in [-0.3, -0.25) is 9.59 Å². The van der Waals surface area contributed by atoms with Gasteiger partial charge in [-0.1, -0.05) is 48.5 Å². The number of nitrogens with one attached hydrogen (secondary N) is 1. The maximum Gasteiger partial charge on any atom is 0.262 e. The molecule has 0 aliphatic heterocycles. The van der Waals surface area contributed by atoms with Crippen LogP contribution in [-0.2, 0) is 14.3 Å². The molecule has 3 rings (SSSR count). The van der Waals surface area contributed by atoms with Crippen molar-refractivity contribution in [2.45, 2.75) is 6.10 Å². The number of para-hydroxylation sites is 1. The van der Waals surface area contributed by atoms with E-state index in [4.69, 9.17) is 15.3 Å². The Balaban J connectivity index is 1.63. The third kappa shape index (κ3) is 5.77. The van der Waals surface area contributed by atoms with Crippen molar-refractivity contribution in [2.75, 3.05) is 19.0 Å². The highest BCUT2D eigenvalue weighted by atomic mass is 16.5. The summed E-state index contributed by atoms with van der Waals surface area (Å²) in [4.78, 5) is 25.0. The average Bonchev–Trinajstić information content (AvgIpc) is 2.81. The summed E-state index contributed by atoms with van der Waals surface area (Å²) in [5.41, 5.74) is 2.01. The van der Waals surface area contributed by atoms with Crippen molar-refractivity contribution < 1.29 is 19.1 Å². The zero-order valence-corrected chi connectivity index (χ0v) is 17.0. The van der Waals surface area contributed by atoms with Gasteiger partial charge in [0.05, 0.1) is 0 Å². The summed E-state index contributed by atoms with van der Waals surface area (Å²) in [5, 5.41) is 6.43. The first-order valence-corrected chi connectivity index (χ1v) is 9.60. The fourth-order valence-electron chi connectivity index (χ4n) is 3.00. The summed E-state index contributed by atoms with van der Waals surface area (Å²) >= 11 is 0. The first kappa shape index (κ1) is 21.7. The van der Waals surface area contributed by atoms with E-state index in [0.717, 1.165) is 0 Å². The molecule has 158 valence electrons. The monoisotopic (exact) mass is 417 g/mol. The number of carbonyl (C=O) groups excluding carboxylic acids is 2. The van der Waals surface area contributed by atoms with Crippen LogP contribution in [0.3, 0.4) is 0 Å². The zero-order chi connectivity index (χ0) is 22.1. The lowest BCUT2D eigenvalue weighted by atomic mass is 9.98. The number of nitrogens with two attached hydrogens (primary N) is 1. The second kappa shape index (κ2) is 10.7. The fraction of sp³-hybridized carbons (Fsp3) is 0.125. The van der Waals surface area contributed by atoms with Crippen molar-refractivity contribution in [3.63, 3.8) is 0 Å². The van der Waals surface area contributed by atoms with Crippen LogP contribution in [0.15, 0.2) is 90.0 Å². The average molecular weight is 417 g/mol. The summed E-state index contributed by atoms with van der Waals surface area (Å²) in [6.07, 6.45) is -0.818. The van der Waals surface area contributed by atoms with Gasteiger partial charge in [-0.15, -0.1) is 0 Å². The van der Waals surface area contributed by atoms with E-state index in [-0.39, 0.29) is 24.0 Å². The molecule has 0 fully saturated rings. The Labute approximate surface area is 180 Å². The standard InChI is InChI=1S/C24H23N3O4/c1-30-24(18-8-4-2-5-9-18)23(29)22(27-25)17-12-14-20(15-13-17)31-16-21(28)26-19-10-6-3-7-11-19/h2-15,24H,16,25H2,1H3,(H,26,28)/b27-22+. The molecule has 0 aliphatic rings. The molecule has 0 spiro atoms. The molecule has 7 nitrogen and oxygen atoms in total. The Bertz CT molecular complexity index is 1040. The lowest BCUT2D eigenvalue weighted by Gasteiger charge is -2.16. The maximum absolute atomic E-state index is 13.0. The molecule has 7 heteroatoms. The number of rotatable bonds is 9. The van der Waals surface area contributed by atoms with E-state index < -0.39 is 6.10 Å². The molecule has 1 atom stereocenters. The Kier molecular flexibility index (Phi) is 7.50. The van der Waals surface area contributed by atoms with Crippen molar-refractivity contribution >= 4 is 23.1 Å². The first-order chi connectivity index (χ1) is 15.1. The van der Waals surface area contributed by atoms with Crippen LogP contribution in [-0.4, -0.2) is 31.1 Å². The molecule has 0 aromatic heterocycles. The van der Waals surface area contributed by atoms with Crippen molar-refractivity contribution in [1.29, 1.82) is 0 Å². The molecule has 0 radical (unpaired) electrons. The number of carbonyl (C=O) groups is 2. The molecule has 0 saturated heterocycles. The van der Waals surface area contributed by atoms with E-state index >= 15 is 0 Å². The smallest absolute Gasteiger partial charge is 0.262 e. The number of amides is 1. The van der Waals surface area contributed by atoms with Crippen LogP contribution in [0.4, 0.5) is 5.69 Å². The van der Waals surface area contributed by atoms with Crippen molar-refractivity contribution in [2.24, 2.45) is 10.9 Å². The van der Waals surface area contributed by atoms with Gasteiger partial charge < -0.3 is 20.6 Å². The van der Waals surface area contributed by atoms with Crippen LogP contribution in [0.5, 0.6) is 5.75 Å². The van der Waals surface area contributed by atoms with Crippen molar-refractivity contribution in [1.82, 2.24) is 0 Å². The molecular formula is C24H23N3O4. The molecule has 0 aliphatic carbocycles. The largest absolute Gasteiger partial charge is 0.484 e. The summed E-state index contributed by atoms with van der Waals surface area (Å²) in [6, 6.07) is 24.8. The third-order valence-corrected chi connectivity index (χ3v) is 4.49. The molecule has 1 amide bonds. The van der Waals surface area contributed by atoms with Crippen LogP contribution in [0.25, 0.3) is 0 Å². The SMILES string of the molecule is COC(C(=O)/C(=N/N)c1ccc(OCC(=O)Nc2ccccc2)cc1)c1ccccc1. The van der Waals surface area contributed by atoms with Gasteiger partial charge >= 0.3 is 0 Å². The predicted octanol–water partition coefficient (Wildman–Crippen LogP) is 3.32. The van der Waals surface area contributed by atoms with Gasteiger partial charge in [0.2, 0.25) is 5.78 Å². The topological polar surface area (TPSA) is 103 Å². The highest BCUT2D eigenvalue weighted by molar-refractivity contribution is 6.47. The number of Topliss-reactive ketones (excluding diaryl/α,β-unsaturated/α-hetero) is 1. The van der Waals surface area contributed by atoms with Gasteiger partial charge in [-0.2, -0.15) is 5.10 Å².